The average molecular weight is 350 g/mol. The van der Waals surface area contributed by atoms with Gasteiger partial charge in [-0.25, -0.2) is 4.79 Å². The first-order valence-corrected chi connectivity index (χ1v) is 9.19. The van der Waals surface area contributed by atoms with Crippen molar-refractivity contribution in [3.05, 3.63) is 35.9 Å². The molecule has 0 aliphatic heterocycles. The Morgan fingerprint density at radius 2 is 1.80 bits per heavy atom. The van der Waals surface area contributed by atoms with Crippen LogP contribution < -0.4 is 16.0 Å². The van der Waals surface area contributed by atoms with Crippen LogP contribution in [0.3, 0.4) is 0 Å². The van der Waals surface area contributed by atoms with Crippen molar-refractivity contribution in [3.63, 3.8) is 0 Å². The molecule has 0 saturated heterocycles. The fourth-order valence-electron chi connectivity index (χ4n) is 2.48. The van der Waals surface area contributed by atoms with Gasteiger partial charge in [-0.05, 0) is 51.6 Å². The smallest absolute Gasteiger partial charge is 0.315 e. The van der Waals surface area contributed by atoms with Gasteiger partial charge >= 0.3 is 6.03 Å². The Hall–Kier alpha value is -1.59. The van der Waals surface area contributed by atoms with Gasteiger partial charge in [-0.1, -0.05) is 44.2 Å². The Morgan fingerprint density at radius 1 is 1.16 bits per heavy atom. The van der Waals surface area contributed by atoms with Crippen LogP contribution in [-0.2, 0) is 6.42 Å². The van der Waals surface area contributed by atoms with Gasteiger partial charge in [-0.2, -0.15) is 0 Å². The molecule has 0 aliphatic carbocycles. The van der Waals surface area contributed by atoms with Crippen molar-refractivity contribution in [1.29, 1.82) is 0 Å². The van der Waals surface area contributed by atoms with Crippen molar-refractivity contribution in [1.82, 2.24) is 16.0 Å². The van der Waals surface area contributed by atoms with Gasteiger partial charge in [-0.3, -0.25) is 0 Å². The lowest BCUT2D eigenvalue weighted by molar-refractivity contribution is 0.125. The maximum atomic E-state index is 12.2. The van der Waals surface area contributed by atoms with E-state index in [0.717, 1.165) is 18.5 Å². The minimum Gasteiger partial charge on any atom is -0.390 e. The topological polar surface area (TPSA) is 73.4 Å². The highest BCUT2D eigenvalue weighted by Gasteiger charge is 2.23. The average Bonchev–Trinajstić information content (AvgIpc) is 2.49. The molecule has 0 fully saturated rings. The normalized spacial score (nSPS) is 14.2. The summed E-state index contributed by atoms with van der Waals surface area (Å²) in [6, 6.07) is 9.31. The number of rotatable bonds is 9. The number of carbonyl (C=O) groups excluding carboxylic acids is 1. The lowest BCUT2D eigenvalue weighted by Crippen LogP contribution is -2.55. The summed E-state index contributed by atoms with van der Waals surface area (Å²) in [5.74, 6) is 0.625. The number of hydrogen-bond donors (Lipinski definition) is 4. The Kier molecular flexibility index (Phi) is 8.93. The second kappa shape index (κ2) is 10.4. The van der Waals surface area contributed by atoms with E-state index in [4.69, 9.17) is 0 Å². The van der Waals surface area contributed by atoms with Crippen LogP contribution in [-0.4, -0.2) is 41.9 Å². The second-order valence-corrected chi connectivity index (χ2v) is 8.10. The van der Waals surface area contributed by atoms with E-state index in [2.05, 4.69) is 29.8 Å². The van der Waals surface area contributed by atoms with Gasteiger partial charge < -0.3 is 21.1 Å². The molecule has 25 heavy (non-hydrogen) atoms. The van der Waals surface area contributed by atoms with Gasteiger partial charge in [0.15, 0.2) is 0 Å². The molecule has 2 amide bonds. The minimum absolute atomic E-state index is 0.255. The van der Waals surface area contributed by atoms with Gasteiger partial charge in [0.1, 0.15) is 0 Å². The molecule has 0 radical (unpaired) electrons. The molecule has 0 bridgehead atoms. The van der Waals surface area contributed by atoms with Crippen molar-refractivity contribution < 1.29 is 9.90 Å². The van der Waals surface area contributed by atoms with Crippen LogP contribution in [0.2, 0.25) is 0 Å². The van der Waals surface area contributed by atoms with E-state index in [1.54, 1.807) is 0 Å². The van der Waals surface area contributed by atoms with Crippen molar-refractivity contribution in [2.24, 2.45) is 5.92 Å². The van der Waals surface area contributed by atoms with Crippen LogP contribution in [0, 0.1) is 5.92 Å². The molecule has 1 aromatic rings. The highest BCUT2D eigenvalue weighted by atomic mass is 16.3. The van der Waals surface area contributed by atoms with Crippen molar-refractivity contribution >= 4 is 6.03 Å². The molecule has 2 atom stereocenters. The molecular formula is C20H35N3O2. The van der Waals surface area contributed by atoms with Gasteiger partial charge in [0.2, 0.25) is 0 Å². The maximum Gasteiger partial charge on any atom is 0.315 e. The predicted octanol–water partition coefficient (Wildman–Crippen LogP) is 2.69. The van der Waals surface area contributed by atoms with E-state index in [-0.39, 0.29) is 17.6 Å². The van der Waals surface area contributed by atoms with E-state index in [0.29, 0.717) is 18.9 Å². The number of amides is 2. The molecule has 0 unspecified atom stereocenters. The Morgan fingerprint density at radius 3 is 2.36 bits per heavy atom. The molecule has 1 rings (SSSR count). The lowest BCUT2D eigenvalue weighted by Gasteiger charge is -2.28. The fourth-order valence-corrected chi connectivity index (χ4v) is 2.48. The number of urea groups is 1. The molecule has 0 saturated carbocycles. The first-order chi connectivity index (χ1) is 11.7. The van der Waals surface area contributed by atoms with Gasteiger partial charge in [-0.15, -0.1) is 0 Å². The third kappa shape index (κ3) is 10.1. The van der Waals surface area contributed by atoms with Crippen molar-refractivity contribution in [2.45, 2.75) is 65.1 Å². The number of nitrogens with one attached hydrogen (secondary N) is 3. The number of hydrogen-bond acceptors (Lipinski definition) is 3. The molecule has 0 aliphatic rings. The first kappa shape index (κ1) is 21.5. The van der Waals surface area contributed by atoms with Crippen LogP contribution in [0.25, 0.3) is 0 Å². The molecule has 5 heteroatoms. The maximum absolute atomic E-state index is 12.2. The molecule has 0 aromatic heterocycles. The first-order valence-electron chi connectivity index (χ1n) is 9.19. The summed E-state index contributed by atoms with van der Waals surface area (Å²) >= 11 is 0. The van der Waals surface area contributed by atoms with Crippen molar-refractivity contribution in [2.75, 3.05) is 13.1 Å². The predicted molar refractivity (Wildman–Crippen MR) is 104 cm³/mol. The molecule has 1 aromatic carbocycles. The molecule has 0 heterocycles. The summed E-state index contributed by atoms with van der Waals surface area (Å²) in [6.45, 7) is 11.5. The monoisotopic (exact) mass is 349 g/mol. The third-order valence-electron chi connectivity index (χ3n) is 3.82. The minimum atomic E-state index is -0.655. The zero-order valence-electron chi connectivity index (χ0n) is 16.3. The van der Waals surface area contributed by atoms with E-state index < -0.39 is 6.10 Å². The van der Waals surface area contributed by atoms with Crippen LogP contribution in [0.1, 0.15) is 46.6 Å². The van der Waals surface area contributed by atoms with Crippen LogP contribution >= 0.6 is 0 Å². The molecule has 0 spiro atoms. The summed E-state index contributed by atoms with van der Waals surface area (Å²) in [5.41, 5.74) is 0.770. The standard InChI is InChI=1S/C20H35N3O2/c1-15(2)11-12-21-14-18(24)17(13-16-9-7-6-8-10-16)22-19(25)23-20(3,4)5/h6-10,15,17-18,21,24H,11-14H2,1-5H3,(H2,22,23,25)/t17-,18-/m0/s1. The number of aliphatic hydroxyl groups excluding tert-OH is 1. The quantitative estimate of drug-likeness (QED) is 0.518. The molecule has 5 nitrogen and oxygen atoms in total. The summed E-state index contributed by atoms with van der Waals surface area (Å²) < 4.78 is 0. The Labute approximate surface area is 152 Å². The fraction of sp³-hybridized carbons (Fsp3) is 0.650. The summed E-state index contributed by atoms with van der Waals surface area (Å²) in [6.07, 6.45) is 0.998. The lowest BCUT2D eigenvalue weighted by atomic mass is 10.0. The zero-order valence-corrected chi connectivity index (χ0v) is 16.3. The highest BCUT2D eigenvalue weighted by molar-refractivity contribution is 5.75. The summed E-state index contributed by atoms with van der Waals surface area (Å²) in [4.78, 5) is 12.2. The summed E-state index contributed by atoms with van der Waals surface area (Å²) in [7, 11) is 0. The van der Waals surface area contributed by atoms with Crippen LogP contribution in [0.15, 0.2) is 30.3 Å². The van der Waals surface area contributed by atoms with Crippen molar-refractivity contribution in [3.8, 4) is 0 Å². The molecular weight excluding hydrogens is 314 g/mol. The van der Waals surface area contributed by atoms with E-state index in [1.165, 1.54) is 0 Å². The number of benzene rings is 1. The molecule has 142 valence electrons. The second-order valence-electron chi connectivity index (χ2n) is 8.10. The van der Waals surface area contributed by atoms with Crippen LogP contribution in [0.5, 0.6) is 0 Å². The SMILES string of the molecule is CC(C)CCNC[C@H](O)[C@H](Cc1ccccc1)NC(=O)NC(C)(C)C. The highest BCUT2D eigenvalue weighted by Crippen LogP contribution is 2.07. The van der Waals surface area contributed by atoms with Gasteiger partial charge in [0, 0.05) is 12.1 Å². The van der Waals surface area contributed by atoms with E-state index in [1.807, 2.05) is 51.1 Å². The zero-order chi connectivity index (χ0) is 18.9. The van der Waals surface area contributed by atoms with Gasteiger partial charge in [0.05, 0.1) is 12.1 Å². The van der Waals surface area contributed by atoms with Gasteiger partial charge in [0.25, 0.3) is 0 Å². The molecule has 4 N–H and O–H groups in total. The van der Waals surface area contributed by atoms with E-state index in [9.17, 15) is 9.90 Å². The Bertz CT molecular complexity index is 497. The number of carbonyl (C=O) groups is 1. The largest absolute Gasteiger partial charge is 0.390 e. The van der Waals surface area contributed by atoms with Crippen LogP contribution in [0.4, 0.5) is 4.79 Å². The van der Waals surface area contributed by atoms with E-state index >= 15 is 0 Å². The summed E-state index contributed by atoms with van der Waals surface area (Å²) in [5, 5.41) is 19.7. The Balaban J connectivity index is 2.64. The number of aliphatic hydroxyl groups is 1. The third-order valence-corrected chi connectivity index (χ3v) is 3.82.